The van der Waals surface area contributed by atoms with Crippen molar-refractivity contribution in [3.05, 3.63) is 47.5 Å². The first-order chi connectivity index (χ1) is 12.7. The average molecular weight is 395 g/mol. The third kappa shape index (κ3) is 4.52. The molecule has 1 atom stereocenters. The molecule has 27 heavy (non-hydrogen) atoms. The van der Waals surface area contributed by atoms with Gasteiger partial charge in [0.1, 0.15) is 10.6 Å². The first kappa shape index (κ1) is 21.0. The number of likely N-dealkylation sites (N-methyl/N-ethyl adjacent to an activating group) is 1. The minimum absolute atomic E-state index is 0.0620. The summed E-state index contributed by atoms with van der Waals surface area (Å²) in [4.78, 5) is 0.0620. The lowest BCUT2D eigenvalue weighted by atomic mass is 10.1. The summed E-state index contributed by atoms with van der Waals surface area (Å²) < 4.78 is 42.6. The van der Waals surface area contributed by atoms with Gasteiger partial charge in [0.2, 0.25) is 10.0 Å². The summed E-state index contributed by atoms with van der Waals surface area (Å²) >= 11 is 0. The van der Waals surface area contributed by atoms with E-state index in [1.807, 2.05) is 0 Å². The third-order valence-electron chi connectivity index (χ3n) is 4.23. The van der Waals surface area contributed by atoms with E-state index in [0.29, 0.717) is 17.1 Å². The van der Waals surface area contributed by atoms with Crippen LogP contribution in [0.5, 0.6) is 17.2 Å². The lowest BCUT2D eigenvalue weighted by molar-refractivity contribution is 0.154. The molecule has 0 aliphatic rings. The van der Waals surface area contributed by atoms with Gasteiger partial charge in [-0.25, -0.2) is 8.42 Å². The molecule has 0 saturated heterocycles. The Morgan fingerprint density at radius 2 is 1.56 bits per heavy atom. The molecule has 0 aliphatic heterocycles. The smallest absolute Gasteiger partial charge is 0.246 e. The molecule has 0 spiro atoms. The third-order valence-corrected chi connectivity index (χ3v) is 6.07. The van der Waals surface area contributed by atoms with Gasteiger partial charge in [0.25, 0.3) is 0 Å². The van der Waals surface area contributed by atoms with Crippen molar-refractivity contribution in [1.82, 2.24) is 4.31 Å². The maximum atomic E-state index is 12.9. The van der Waals surface area contributed by atoms with Gasteiger partial charge in [-0.2, -0.15) is 4.31 Å². The Kier molecular flexibility index (Phi) is 6.69. The summed E-state index contributed by atoms with van der Waals surface area (Å²) in [5.41, 5.74) is 1.31. The van der Waals surface area contributed by atoms with Crippen LogP contribution in [0.4, 0.5) is 0 Å². The van der Waals surface area contributed by atoms with E-state index >= 15 is 0 Å². The highest BCUT2D eigenvalue weighted by molar-refractivity contribution is 7.89. The van der Waals surface area contributed by atoms with Crippen LogP contribution in [0, 0.1) is 6.92 Å². The lowest BCUT2D eigenvalue weighted by Crippen LogP contribution is -2.31. The highest BCUT2D eigenvalue weighted by Crippen LogP contribution is 2.32. The molecule has 1 unspecified atom stereocenters. The summed E-state index contributed by atoms with van der Waals surface area (Å²) in [6, 6.07) is 9.89. The van der Waals surface area contributed by atoms with Crippen LogP contribution in [0.25, 0.3) is 0 Å². The highest BCUT2D eigenvalue weighted by Gasteiger charge is 2.27. The van der Waals surface area contributed by atoms with Crippen molar-refractivity contribution in [2.45, 2.75) is 17.9 Å². The van der Waals surface area contributed by atoms with Crippen LogP contribution in [0.15, 0.2) is 41.3 Å². The number of ether oxygens (including phenoxy) is 3. The fourth-order valence-electron chi connectivity index (χ4n) is 2.66. The number of aliphatic hydroxyl groups excluding tert-OH is 1. The second kappa shape index (κ2) is 8.60. The van der Waals surface area contributed by atoms with Gasteiger partial charge in [-0.3, -0.25) is 0 Å². The number of hydrogen-bond acceptors (Lipinski definition) is 6. The number of rotatable bonds is 8. The van der Waals surface area contributed by atoms with E-state index in [1.54, 1.807) is 43.3 Å². The average Bonchev–Trinajstić information content (AvgIpc) is 2.67. The fourth-order valence-corrected chi connectivity index (χ4v) is 4.07. The predicted molar refractivity (Wildman–Crippen MR) is 102 cm³/mol. The summed E-state index contributed by atoms with van der Waals surface area (Å²) in [6.45, 7) is 1.67. The van der Waals surface area contributed by atoms with Crippen molar-refractivity contribution in [2.24, 2.45) is 0 Å². The van der Waals surface area contributed by atoms with E-state index < -0.39 is 16.1 Å². The number of aliphatic hydroxyl groups is 1. The molecule has 0 amide bonds. The van der Waals surface area contributed by atoms with Crippen molar-refractivity contribution in [1.29, 1.82) is 0 Å². The molecule has 0 aromatic heterocycles. The summed E-state index contributed by atoms with van der Waals surface area (Å²) in [5.74, 6) is 1.24. The molecule has 0 bridgehead atoms. The van der Waals surface area contributed by atoms with E-state index in [1.165, 1.54) is 28.4 Å². The molecule has 0 radical (unpaired) electrons. The molecule has 2 rings (SSSR count). The first-order valence-electron chi connectivity index (χ1n) is 8.25. The van der Waals surface area contributed by atoms with Gasteiger partial charge >= 0.3 is 0 Å². The van der Waals surface area contributed by atoms with Crippen molar-refractivity contribution in [3.63, 3.8) is 0 Å². The largest absolute Gasteiger partial charge is 0.495 e. The standard InChI is InChI=1S/C19H25NO6S/c1-13-6-8-17(25-4)19(10-13)27(22,23)20(2)12-15(21)14-7-9-16(24-3)18(11-14)26-5/h6-11,15,21H,12H2,1-5H3. The van der Waals surface area contributed by atoms with Gasteiger partial charge in [0.15, 0.2) is 11.5 Å². The molecule has 0 saturated carbocycles. The molecule has 0 fully saturated rings. The second-order valence-electron chi connectivity index (χ2n) is 6.07. The van der Waals surface area contributed by atoms with E-state index in [4.69, 9.17) is 14.2 Å². The van der Waals surface area contributed by atoms with Gasteiger partial charge in [-0.1, -0.05) is 12.1 Å². The number of sulfonamides is 1. The van der Waals surface area contributed by atoms with Crippen molar-refractivity contribution >= 4 is 10.0 Å². The predicted octanol–water partition coefficient (Wildman–Crippen LogP) is 2.37. The molecule has 7 nitrogen and oxygen atoms in total. The first-order valence-corrected chi connectivity index (χ1v) is 9.69. The molecule has 2 aromatic carbocycles. The number of benzene rings is 2. The van der Waals surface area contributed by atoms with E-state index in [-0.39, 0.29) is 17.2 Å². The van der Waals surface area contributed by atoms with Crippen LogP contribution in [-0.4, -0.2) is 52.8 Å². The Morgan fingerprint density at radius 3 is 2.15 bits per heavy atom. The van der Waals surface area contributed by atoms with Crippen molar-refractivity contribution in [3.8, 4) is 17.2 Å². The zero-order chi connectivity index (χ0) is 20.2. The van der Waals surface area contributed by atoms with Crippen LogP contribution >= 0.6 is 0 Å². The highest BCUT2D eigenvalue weighted by atomic mass is 32.2. The number of hydrogen-bond donors (Lipinski definition) is 1. The number of aryl methyl sites for hydroxylation is 1. The van der Waals surface area contributed by atoms with Gasteiger partial charge in [0, 0.05) is 13.6 Å². The number of nitrogens with zero attached hydrogens (tertiary/aromatic N) is 1. The normalized spacial score (nSPS) is 12.7. The maximum absolute atomic E-state index is 12.9. The molecular formula is C19H25NO6S. The second-order valence-corrected chi connectivity index (χ2v) is 8.08. The van der Waals surface area contributed by atoms with Gasteiger partial charge in [-0.05, 0) is 42.3 Å². The molecule has 2 aromatic rings. The van der Waals surface area contributed by atoms with E-state index in [9.17, 15) is 13.5 Å². The quantitative estimate of drug-likeness (QED) is 0.739. The van der Waals surface area contributed by atoms with Crippen molar-refractivity contribution < 1.29 is 27.7 Å². The van der Waals surface area contributed by atoms with Gasteiger partial charge in [0.05, 0.1) is 27.4 Å². The monoisotopic (exact) mass is 395 g/mol. The molecule has 148 valence electrons. The minimum Gasteiger partial charge on any atom is -0.495 e. The maximum Gasteiger partial charge on any atom is 0.246 e. The van der Waals surface area contributed by atoms with Crippen LogP contribution < -0.4 is 14.2 Å². The Labute approximate surface area is 160 Å². The molecular weight excluding hydrogens is 370 g/mol. The van der Waals surface area contributed by atoms with Crippen LogP contribution in [-0.2, 0) is 10.0 Å². The summed E-state index contributed by atoms with van der Waals surface area (Å²) in [5, 5.41) is 10.5. The summed E-state index contributed by atoms with van der Waals surface area (Å²) in [6.07, 6.45) is -1.04. The van der Waals surface area contributed by atoms with Crippen LogP contribution in [0.3, 0.4) is 0 Å². The van der Waals surface area contributed by atoms with E-state index in [0.717, 1.165) is 9.87 Å². The fraction of sp³-hybridized carbons (Fsp3) is 0.368. The minimum atomic E-state index is -3.84. The Hall–Kier alpha value is -2.29. The molecule has 0 aliphatic carbocycles. The van der Waals surface area contributed by atoms with Gasteiger partial charge < -0.3 is 19.3 Å². The Morgan fingerprint density at radius 1 is 0.963 bits per heavy atom. The van der Waals surface area contributed by atoms with Gasteiger partial charge in [-0.15, -0.1) is 0 Å². The topological polar surface area (TPSA) is 85.3 Å². The lowest BCUT2D eigenvalue weighted by Gasteiger charge is -2.22. The zero-order valence-corrected chi connectivity index (χ0v) is 16.9. The zero-order valence-electron chi connectivity index (χ0n) is 16.1. The Bertz CT molecular complexity index is 897. The van der Waals surface area contributed by atoms with E-state index in [2.05, 4.69) is 0 Å². The molecule has 1 N–H and O–H groups in total. The van der Waals surface area contributed by atoms with Crippen LogP contribution in [0.2, 0.25) is 0 Å². The number of methoxy groups -OCH3 is 3. The van der Waals surface area contributed by atoms with Crippen LogP contribution in [0.1, 0.15) is 17.2 Å². The summed E-state index contributed by atoms with van der Waals surface area (Å²) in [7, 11) is 2.01. The molecule has 0 heterocycles. The SMILES string of the molecule is COc1ccc(C(O)CN(C)S(=O)(=O)c2cc(C)ccc2OC)cc1OC. The Balaban J connectivity index is 2.28. The van der Waals surface area contributed by atoms with Crippen molar-refractivity contribution in [2.75, 3.05) is 34.9 Å². The molecule has 8 heteroatoms.